The highest BCUT2D eigenvalue weighted by Crippen LogP contribution is 2.17. The van der Waals surface area contributed by atoms with Crippen LogP contribution in [-0.4, -0.2) is 50.9 Å². The SMILES string of the molecule is C=CCCCCCOC(=O)c1ccc(C(=O)OCCCCOC=C)cc1C(=O)OCCCCOC=C. The molecule has 8 nitrogen and oxygen atoms in total. The molecular weight excluding hydrogens is 464 g/mol. The van der Waals surface area contributed by atoms with Crippen molar-refractivity contribution in [3.8, 4) is 0 Å². The molecule has 0 aliphatic carbocycles. The van der Waals surface area contributed by atoms with Gasteiger partial charge in [0.05, 0.1) is 62.2 Å². The van der Waals surface area contributed by atoms with Gasteiger partial charge >= 0.3 is 17.9 Å². The number of benzene rings is 1. The summed E-state index contributed by atoms with van der Waals surface area (Å²) in [6.45, 7) is 12.1. The van der Waals surface area contributed by atoms with Crippen molar-refractivity contribution in [1.82, 2.24) is 0 Å². The molecule has 0 aliphatic rings. The van der Waals surface area contributed by atoms with Crippen LogP contribution in [0, 0.1) is 0 Å². The Labute approximate surface area is 213 Å². The number of carbonyl (C=O) groups is 3. The van der Waals surface area contributed by atoms with Gasteiger partial charge in [0, 0.05) is 0 Å². The van der Waals surface area contributed by atoms with Gasteiger partial charge in [0.25, 0.3) is 0 Å². The van der Waals surface area contributed by atoms with Crippen molar-refractivity contribution in [2.75, 3.05) is 33.0 Å². The first-order valence-electron chi connectivity index (χ1n) is 12.3. The van der Waals surface area contributed by atoms with E-state index in [2.05, 4.69) is 19.7 Å². The maximum atomic E-state index is 12.8. The van der Waals surface area contributed by atoms with Crippen molar-refractivity contribution < 1.29 is 38.1 Å². The van der Waals surface area contributed by atoms with Gasteiger partial charge in [-0.25, -0.2) is 14.4 Å². The van der Waals surface area contributed by atoms with Gasteiger partial charge in [0.1, 0.15) is 0 Å². The first-order chi connectivity index (χ1) is 17.5. The molecule has 0 spiro atoms. The van der Waals surface area contributed by atoms with Crippen molar-refractivity contribution in [2.24, 2.45) is 0 Å². The molecule has 0 fully saturated rings. The maximum Gasteiger partial charge on any atom is 0.339 e. The third-order valence-electron chi connectivity index (χ3n) is 5.00. The Morgan fingerprint density at radius 1 is 0.611 bits per heavy atom. The lowest BCUT2D eigenvalue weighted by Gasteiger charge is -2.12. The van der Waals surface area contributed by atoms with Gasteiger partial charge in [0.2, 0.25) is 0 Å². The van der Waals surface area contributed by atoms with Crippen molar-refractivity contribution in [3.63, 3.8) is 0 Å². The van der Waals surface area contributed by atoms with Crippen LogP contribution < -0.4 is 0 Å². The largest absolute Gasteiger partial charge is 0.502 e. The lowest BCUT2D eigenvalue weighted by Crippen LogP contribution is -2.17. The van der Waals surface area contributed by atoms with Crippen LogP contribution >= 0.6 is 0 Å². The van der Waals surface area contributed by atoms with Crippen molar-refractivity contribution in [3.05, 3.63) is 73.2 Å². The fraction of sp³-hybridized carbons (Fsp3) is 0.464. The molecular formula is C28H38O8. The number of allylic oxidation sites excluding steroid dienone is 1. The number of ether oxygens (including phenoxy) is 5. The third-order valence-corrected chi connectivity index (χ3v) is 5.00. The Balaban J connectivity index is 2.80. The lowest BCUT2D eigenvalue weighted by atomic mass is 10.0. The molecule has 0 unspecified atom stereocenters. The molecule has 1 aromatic carbocycles. The summed E-state index contributed by atoms with van der Waals surface area (Å²) in [5.41, 5.74) is 0.145. The van der Waals surface area contributed by atoms with Crippen LogP contribution in [0.5, 0.6) is 0 Å². The summed E-state index contributed by atoms with van der Waals surface area (Å²) in [7, 11) is 0. The van der Waals surface area contributed by atoms with Crippen molar-refractivity contribution in [1.29, 1.82) is 0 Å². The molecule has 0 bridgehead atoms. The highest BCUT2D eigenvalue weighted by atomic mass is 16.5. The topological polar surface area (TPSA) is 97.4 Å². The Morgan fingerprint density at radius 2 is 1.11 bits per heavy atom. The molecule has 0 saturated heterocycles. The van der Waals surface area contributed by atoms with Crippen LogP contribution in [0.2, 0.25) is 0 Å². The van der Waals surface area contributed by atoms with E-state index in [4.69, 9.17) is 23.7 Å². The normalized spacial score (nSPS) is 10.1. The Morgan fingerprint density at radius 3 is 1.67 bits per heavy atom. The number of hydrogen-bond acceptors (Lipinski definition) is 8. The summed E-state index contributed by atoms with van der Waals surface area (Å²) in [6, 6.07) is 4.14. The standard InChI is InChI=1S/C28H38O8/c1-4-7-8-9-10-19-35-27(30)24-16-15-23(26(29)34-20-13-11-17-32-5-2)22-25(24)28(31)36-21-14-12-18-33-6-3/h4-6,15-16,22H,1-3,7-14,17-21H2. The molecule has 1 aromatic rings. The smallest absolute Gasteiger partial charge is 0.339 e. The summed E-state index contributed by atoms with van der Waals surface area (Å²) in [6.07, 6.45) is 10.6. The lowest BCUT2D eigenvalue weighted by molar-refractivity contribution is 0.0445. The summed E-state index contributed by atoms with van der Waals surface area (Å²) < 4.78 is 26.0. The molecule has 0 saturated carbocycles. The van der Waals surface area contributed by atoms with Crippen molar-refractivity contribution >= 4 is 17.9 Å². The van der Waals surface area contributed by atoms with Gasteiger partial charge in [-0.1, -0.05) is 19.2 Å². The van der Waals surface area contributed by atoms with Crippen LogP contribution in [0.25, 0.3) is 0 Å². The molecule has 0 N–H and O–H groups in total. The van der Waals surface area contributed by atoms with Gasteiger partial charge in [-0.3, -0.25) is 0 Å². The summed E-state index contributed by atoms with van der Waals surface area (Å²) in [5, 5.41) is 0. The molecule has 0 heterocycles. The van der Waals surface area contributed by atoms with Crippen molar-refractivity contribution in [2.45, 2.75) is 51.4 Å². The zero-order valence-corrected chi connectivity index (χ0v) is 21.0. The zero-order valence-electron chi connectivity index (χ0n) is 21.0. The minimum Gasteiger partial charge on any atom is -0.502 e. The molecule has 1 rings (SSSR count). The Bertz CT molecular complexity index is 846. The van der Waals surface area contributed by atoms with E-state index >= 15 is 0 Å². The zero-order chi connectivity index (χ0) is 26.4. The number of rotatable bonds is 21. The first kappa shape index (κ1) is 30.5. The molecule has 0 aliphatic heterocycles. The highest BCUT2D eigenvalue weighted by molar-refractivity contribution is 6.05. The Hall–Kier alpha value is -3.55. The number of unbranched alkanes of at least 4 members (excludes halogenated alkanes) is 5. The minimum atomic E-state index is -0.714. The number of esters is 3. The van der Waals surface area contributed by atoms with E-state index in [0.717, 1.165) is 19.3 Å². The van der Waals surface area contributed by atoms with Crippen LogP contribution in [0.3, 0.4) is 0 Å². The predicted molar refractivity (Wildman–Crippen MR) is 137 cm³/mol. The van der Waals surface area contributed by atoms with E-state index in [1.54, 1.807) is 0 Å². The van der Waals surface area contributed by atoms with Gasteiger partial charge in [0.15, 0.2) is 0 Å². The summed E-state index contributed by atoms with van der Waals surface area (Å²) >= 11 is 0. The van der Waals surface area contributed by atoms with E-state index in [-0.39, 0.29) is 36.5 Å². The van der Waals surface area contributed by atoms with E-state index in [1.807, 2.05) is 6.08 Å². The quantitative estimate of drug-likeness (QED) is 0.0686. The number of hydrogen-bond donors (Lipinski definition) is 0. The van der Waals surface area contributed by atoms with E-state index in [1.165, 1.54) is 30.7 Å². The van der Waals surface area contributed by atoms with Gasteiger partial charge < -0.3 is 23.7 Å². The Kier molecular flexibility index (Phi) is 16.7. The summed E-state index contributed by atoms with van der Waals surface area (Å²) in [5.74, 6) is -1.96. The predicted octanol–water partition coefficient (Wildman–Crippen LogP) is 5.78. The molecule has 36 heavy (non-hydrogen) atoms. The summed E-state index contributed by atoms with van der Waals surface area (Å²) in [4.78, 5) is 37.9. The van der Waals surface area contributed by atoms with Gasteiger partial charge in [-0.05, 0) is 69.6 Å². The fourth-order valence-corrected chi connectivity index (χ4v) is 3.06. The minimum absolute atomic E-state index is 0.0390. The van der Waals surface area contributed by atoms with E-state index < -0.39 is 17.9 Å². The van der Waals surface area contributed by atoms with E-state index in [9.17, 15) is 14.4 Å². The van der Waals surface area contributed by atoms with Crippen LogP contribution in [0.15, 0.2) is 56.5 Å². The maximum absolute atomic E-state index is 12.8. The van der Waals surface area contributed by atoms with Gasteiger partial charge in [-0.2, -0.15) is 0 Å². The average Bonchev–Trinajstić information content (AvgIpc) is 2.89. The molecule has 0 aromatic heterocycles. The second kappa shape index (κ2) is 19.7. The number of carbonyl (C=O) groups excluding carboxylic acids is 3. The second-order valence-electron chi connectivity index (χ2n) is 7.80. The van der Waals surface area contributed by atoms with Crippen LogP contribution in [0.1, 0.15) is 82.4 Å². The highest BCUT2D eigenvalue weighted by Gasteiger charge is 2.22. The monoisotopic (exact) mass is 502 g/mol. The van der Waals surface area contributed by atoms with E-state index in [0.29, 0.717) is 45.3 Å². The molecule has 0 radical (unpaired) electrons. The molecule has 0 atom stereocenters. The van der Waals surface area contributed by atoms with Crippen LogP contribution in [-0.2, 0) is 23.7 Å². The fourth-order valence-electron chi connectivity index (χ4n) is 3.06. The third kappa shape index (κ3) is 12.8. The molecule has 198 valence electrons. The average molecular weight is 503 g/mol. The molecule has 8 heteroatoms. The first-order valence-corrected chi connectivity index (χ1v) is 12.3. The van der Waals surface area contributed by atoms with Crippen LogP contribution in [0.4, 0.5) is 0 Å². The molecule has 0 amide bonds. The second-order valence-corrected chi connectivity index (χ2v) is 7.80. The van der Waals surface area contributed by atoms with Gasteiger partial charge in [-0.15, -0.1) is 6.58 Å².